The van der Waals surface area contributed by atoms with Crippen LogP contribution in [0.25, 0.3) is 0 Å². The van der Waals surface area contributed by atoms with E-state index in [0.29, 0.717) is 12.4 Å². The van der Waals surface area contributed by atoms with Crippen molar-refractivity contribution in [3.05, 3.63) is 23.8 Å². The van der Waals surface area contributed by atoms with Gasteiger partial charge >= 0.3 is 0 Å². The van der Waals surface area contributed by atoms with Gasteiger partial charge in [0, 0.05) is 18.2 Å². The molecule has 4 nitrogen and oxygen atoms in total. The molecule has 0 bridgehead atoms. The second-order valence-electron chi connectivity index (χ2n) is 5.57. The summed E-state index contributed by atoms with van der Waals surface area (Å²) in [6, 6.07) is 5.53. The van der Waals surface area contributed by atoms with Crippen LogP contribution in [0.5, 0.6) is 11.5 Å². The van der Waals surface area contributed by atoms with Gasteiger partial charge in [-0.15, -0.1) is 0 Å². The standard InChI is InChI=1S/C17H26O4/c1-4-21-17(10-6-5-7-11-17)16(18)14-9-8-13(19-2)12-15(14)20-3/h8-9,12,16,18H,4-7,10-11H2,1-3H3. The van der Waals surface area contributed by atoms with E-state index in [1.165, 1.54) is 6.42 Å². The van der Waals surface area contributed by atoms with E-state index in [1.807, 2.05) is 19.1 Å². The van der Waals surface area contributed by atoms with Gasteiger partial charge in [-0.2, -0.15) is 0 Å². The second kappa shape index (κ2) is 7.14. The lowest BCUT2D eigenvalue weighted by atomic mass is 9.78. The average molecular weight is 294 g/mol. The molecule has 1 aliphatic carbocycles. The van der Waals surface area contributed by atoms with Crippen molar-refractivity contribution in [1.82, 2.24) is 0 Å². The van der Waals surface area contributed by atoms with Crippen molar-refractivity contribution in [1.29, 1.82) is 0 Å². The fourth-order valence-corrected chi connectivity index (χ4v) is 3.26. The van der Waals surface area contributed by atoms with Gasteiger partial charge in [-0.25, -0.2) is 0 Å². The lowest BCUT2D eigenvalue weighted by Crippen LogP contribution is -2.41. The van der Waals surface area contributed by atoms with Crippen LogP contribution in [0, 0.1) is 0 Å². The number of hydrogen-bond acceptors (Lipinski definition) is 4. The van der Waals surface area contributed by atoms with E-state index in [1.54, 1.807) is 20.3 Å². The molecule has 0 aliphatic heterocycles. The summed E-state index contributed by atoms with van der Waals surface area (Å²) in [5, 5.41) is 11.0. The number of rotatable bonds is 6. The minimum absolute atomic E-state index is 0.491. The molecule has 21 heavy (non-hydrogen) atoms. The maximum atomic E-state index is 11.0. The Labute approximate surface area is 127 Å². The predicted octanol–water partition coefficient (Wildman–Crippen LogP) is 3.48. The quantitative estimate of drug-likeness (QED) is 0.872. The molecule has 0 aromatic heterocycles. The summed E-state index contributed by atoms with van der Waals surface area (Å²) in [5.41, 5.74) is 0.281. The number of methoxy groups -OCH3 is 2. The molecule has 1 N–H and O–H groups in total. The van der Waals surface area contributed by atoms with Crippen LogP contribution in [0.15, 0.2) is 18.2 Å². The third-order valence-corrected chi connectivity index (χ3v) is 4.37. The summed E-state index contributed by atoms with van der Waals surface area (Å²) in [6.07, 6.45) is 4.49. The van der Waals surface area contributed by atoms with E-state index >= 15 is 0 Å². The number of aliphatic hydroxyl groups is 1. The van der Waals surface area contributed by atoms with Crippen LogP contribution < -0.4 is 9.47 Å². The van der Waals surface area contributed by atoms with E-state index in [9.17, 15) is 5.11 Å². The van der Waals surface area contributed by atoms with Crippen molar-refractivity contribution >= 4 is 0 Å². The minimum atomic E-state index is -0.682. The third kappa shape index (κ3) is 3.33. The van der Waals surface area contributed by atoms with Crippen molar-refractivity contribution in [2.24, 2.45) is 0 Å². The van der Waals surface area contributed by atoms with Crippen molar-refractivity contribution < 1.29 is 19.3 Å². The highest BCUT2D eigenvalue weighted by atomic mass is 16.5. The molecule has 0 radical (unpaired) electrons. The number of benzene rings is 1. The van der Waals surface area contributed by atoms with Crippen LogP contribution in [-0.4, -0.2) is 31.5 Å². The van der Waals surface area contributed by atoms with Gasteiger partial charge in [0.05, 0.1) is 19.8 Å². The lowest BCUT2D eigenvalue weighted by molar-refractivity contribution is -0.142. The smallest absolute Gasteiger partial charge is 0.128 e. The van der Waals surface area contributed by atoms with Crippen LogP contribution in [0.4, 0.5) is 0 Å². The second-order valence-corrected chi connectivity index (χ2v) is 5.57. The van der Waals surface area contributed by atoms with Gasteiger partial charge in [0.2, 0.25) is 0 Å². The Morgan fingerprint density at radius 1 is 1.14 bits per heavy atom. The monoisotopic (exact) mass is 294 g/mol. The lowest BCUT2D eigenvalue weighted by Gasteiger charge is -2.41. The molecule has 1 fully saturated rings. The number of aliphatic hydroxyl groups excluding tert-OH is 1. The zero-order valence-electron chi connectivity index (χ0n) is 13.2. The Morgan fingerprint density at radius 3 is 2.43 bits per heavy atom. The highest BCUT2D eigenvalue weighted by molar-refractivity contribution is 5.43. The first-order chi connectivity index (χ1) is 10.2. The van der Waals surface area contributed by atoms with E-state index in [2.05, 4.69) is 0 Å². The predicted molar refractivity (Wildman–Crippen MR) is 81.9 cm³/mol. The van der Waals surface area contributed by atoms with Gasteiger partial charge in [-0.1, -0.05) is 19.3 Å². The topological polar surface area (TPSA) is 47.9 Å². The van der Waals surface area contributed by atoms with E-state index < -0.39 is 11.7 Å². The van der Waals surface area contributed by atoms with Gasteiger partial charge in [-0.05, 0) is 31.9 Å². The molecule has 0 heterocycles. The molecule has 1 unspecified atom stereocenters. The summed E-state index contributed by atoms with van der Waals surface area (Å²) >= 11 is 0. The number of hydrogen-bond donors (Lipinski definition) is 1. The number of ether oxygens (including phenoxy) is 3. The van der Waals surface area contributed by atoms with Crippen molar-refractivity contribution in [3.8, 4) is 11.5 Å². The highest BCUT2D eigenvalue weighted by Crippen LogP contribution is 2.44. The molecule has 118 valence electrons. The first kappa shape index (κ1) is 16.1. The summed E-state index contributed by atoms with van der Waals surface area (Å²) < 4.78 is 16.6. The fraction of sp³-hybridized carbons (Fsp3) is 0.647. The van der Waals surface area contributed by atoms with Gasteiger partial charge in [0.25, 0.3) is 0 Å². The van der Waals surface area contributed by atoms with Crippen molar-refractivity contribution in [3.63, 3.8) is 0 Å². The summed E-state index contributed by atoms with van der Waals surface area (Å²) in [7, 11) is 3.23. The zero-order chi connectivity index (χ0) is 15.3. The molecular formula is C17H26O4. The van der Waals surface area contributed by atoms with Gasteiger partial charge in [-0.3, -0.25) is 0 Å². The maximum absolute atomic E-state index is 11.0. The van der Waals surface area contributed by atoms with Crippen LogP contribution in [0.2, 0.25) is 0 Å². The Balaban J connectivity index is 2.33. The molecular weight excluding hydrogens is 268 g/mol. The first-order valence-electron chi connectivity index (χ1n) is 7.71. The normalized spacial score (nSPS) is 19.0. The minimum Gasteiger partial charge on any atom is -0.497 e. The Bertz CT molecular complexity index is 447. The van der Waals surface area contributed by atoms with E-state index in [-0.39, 0.29) is 0 Å². The third-order valence-electron chi connectivity index (χ3n) is 4.37. The van der Waals surface area contributed by atoms with Crippen LogP contribution in [0.1, 0.15) is 50.7 Å². The molecule has 1 aliphatic rings. The van der Waals surface area contributed by atoms with Gasteiger partial charge in [0.1, 0.15) is 17.6 Å². The largest absolute Gasteiger partial charge is 0.497 e. The maximum Gasteiger partial charge on any atom is 0.128 e. The average Bonchev–Trinajstić information content (AvgIpc) is 2.54. The Hall–Kier alpha value is -1.26. The van der Waals surface area contributed by atoms with Crippen LogP contribution in [-0.2, 0) is 4.74 Å². The van der Waals surface area contributed by atoms with Gasteiger partial charge in [0.15, 0.2) is 0 Å². The SMILES string of the molecule is CCOC1(C(O)c2ccc(OC)cc2OC)CCCCC1. The fourth-order valence-electron chi connectivity index (χ4n) is 3.26. The van der Waals surface area contributed by atoms with E-state index in [4.69, 9.17) is 14.2 Å². The Morgan fingerprint density at radius 2 is 1.86 bits per heavy atom. The summed E-state index contributed by atoms with van der Waals surface area (Å²) in [6.45, 7) is 2.59. The molecule has 1 saturated carbocycles. The molecule has 0 saturated heterocycles. The van der Waals surface area contributed by atoms with Crippen LogP contribution >= 0.6 is 0 Å². The summed E-state index contributed by atoms with van der Waals surface area (Å²) in [5.74, 6) is 1.36. The van der Waals surface area contributed by atoms with Gasteiger partial charge < -0.3 is 19.3 Å². The molecule has 4 heteroatoms. The van der Waals surface area contributed by atoms with E-state index in [0.717, 1.165) is 37.0 Å². The molecule has 0 spiro atoms. The molecule has 1 aromatic carbocycles. The highest BCUT2D eigenvalue weighted by Gasteiger charge is 2.41. The van der Waals surface area contributed by atoms with Crippen molar-refractivity contribution in [2.45, 2.75) is 50.7 Å². The molecule has 2 rings (SSSR count). The Kier molecular flexibility index (Phi) is 5.48. The zero-order valence-corrected chi connectivity index (χ0v) is 13.2. The molecule has 1 atom stereocenters. The first-order valence-corrected chi connectivity index (χ1v) is 7.71. The summed E-state index contributed by atoms with van der Waals surface area (Å²) in [4.78, 5) is 0. The van der Waals surface area contributed by atoms with Crippen LogP contribution in [0.3, 0.4) is 0 Å². The molecule has 0 amide bonds. The molecule has 1 aromatic rings. The van der Waals surface area contributed by atoms with Crippen molar-refractivity contribution in [2.75, 3.05) is 20.8 Å².